The van der Waals surface area contributed by atoms with Crippen LogP contribution in [0.25, 0.3) is 22.3 Å². The van der Waals surface area contributed by atoms with Crippen molar-refractivity contribution in [1.29, 1.82) is 0 Å². The molecule has 89 heavy (non-hydrogen) atoms. The van der Waals surface area contributed by atoms with Gasteiger partial charge in [0.25, 0.3) is 23.2 Å². The number of nitro benzene ring substituents is 2. The van der Waals surface area contributed by atoms with E-state index in [0.717, 1.165) is 44.9 Å². The molecule has 4 aromatic heterocycles. The van der Waals surface area contributed by atoms with Crippen LogP contribution in [0.3, 0.4) is 0 Å². The van der Waals surface area contributed by atoms with E-state index in [4.69, 9.17) is 36.8 Å². The minimum absolute atomic E-state index is 0.0640. The van der Waals surface area contributed by atoms with Crippen molar-refractivity contribution in [2.45, 2.75) is 125 Å². The molecule has 2 saturated carbocycles. The van der Waals surface area contributed by atoms with E-state index >= 15 is 0 Å². The number of likely N-dealkylation sites (tertiary alicyclic amines) is 2. The number of carbonyl (C=O) groups is 4. The number of amides is 4. The van der Waals surface area contributed by atoms with Gasteiger partial charge in [0.05, 0.1) is 34.6 Å². The van der Waals surface area contributed by atoms with Gasteiger partial charge in [0.15, 0.2) is 51.4 Å². The first kappa shape index (κ1) is 63.1. The number of benzene rings is 2. The van der Waals surface area contributed by atoms with Gasteiger partial charge in [0.2, 0.25) is 5.82 Å². The second kappa shape index (κ2) is 27.6. The van der Waals surface area contributed by atoms with Crippen LogP contribution in [0.1, 0.15) is 82.5 Å². The van der Waals surface area contributed by atoms with Crippen LogP contribution in [0, 0.1) is 60.1 Å². The van der Waals surface area contributed by atoms with Gasteiger partial charge in [-0.3, -0.25) is 39.0 Å². The molecule has 4 saturated heterocycles. The molecule has 0 bridgehead atoms. The van der Waals surface area contributed by atoms with Crippen molar-refractivity contribution in [1.82, 2.24) is 59.5 Å². The number of non-ortho nitro benzene ring substituents is 2. The number of nitrogens with zero attached hydrogens (tertiary/aromatic N) is 12. The van der Waals surface area contributed by atoms with Crippen LogP contribution in [-0.2, 0) is 19.1 Å². The number of piperidine rings is 2. The van der Waals surface area contributed by atoms with Crippen molar-refractivity contribution >= 4 is 91.9 Å². The van der Waals surface area contributed by atoms with Crippen LogP contribution in [0.4, 0.5) is 32.6 Å². The Morgan fingerprint density at radius 1 is 0.652 bits per heavy atom. The van der Waals surface area contributed by atoms with Crippen LogP contribution in [0.2, 0.25) is 0 Å². The molecule has 6 aliphatic rings. The normalized spacial score (nSPS) is 23.4. The molecule has 468 valence electrons. The van der Waals surface area contributed by atoms with Gasteiger partial charge in [-0.25, -0.2) is 39.5 Å². The lowest BCUT2D eigenvalue weighted by Gasteiger charge is -2.30. The molecule has 2 aliphatic carbocycles. The number of nitro groups is 2. The Kier molecular flexibility index (Phi) is 19.6. The first-order chi connectivity index (χ1) is 42.7. The summed E-state index contributed by atoms with van der Waals surface area (Å²) in [6, 6.07) is 11.3. The van der Waals surface area contributed by atoms with Crippen LogP contribution in [0.5, 0.6) is 11.5 Å². The second-order valence-electron chi connectivity index (χ2n) is 21.9. The zero-order valence-electron chi connectivity index (χ0n) is 47.3. The number of aliphatic hydroxyl groups excluding tert-OH is 4. The van der Waals surface area contributed by atoms with Crippen LogP contribution >= 0.6 is 22.6 Å². The van der Waals surface area contributed by atoms with Gasteiger partial charge in [-0.2, -0.15) is 0 Å². The predicted molar refractivity (Wildman–Crippen MR) is 318 cm³/mol. The van der Waals surface area contributed by atoms with Crippen molar-refractivity contribution in [3.63, 3.8) is 0 Å². The Balaban J connectivity index is 0.000000163. The zero-order valence-corrected chi connectivity index (χ0v) is 49.4. The summed E-state index contributed by atoms with van der Waals surface area (Å²) in [6.45, 7) is 2.09. The number of fused-ring (bicyclic) bond motifs is 2. The van der Waals surface area contributed by atoms with Crippen LogP contribution < -0.4 is 31.6 Å². The fourth-order valence-electron chi connectivity index (χ4n) is 10.2. The molecule has 33 heteroatoms. The third-order valence-electron chi connectivity index (χ3n) is 15.5. The average molecular weight is 1340 g/mol. The number of hydrogen-bond acceptors (Lipinski definition) is 24. The smallest absolute Gasteiger partial charge is 0.410 e. The van der Waals surface area contributed by atoms with E-state index in [1.165, 1.54) is 70.3 Å². The molecule has 0 spiro atoms. The molecule has 4 aliphatic heterocycles. The standard InChI is InChI=1S/C28H30N8O8.C15H16N2O4.C13H15IN6O4/c29-24-20-25(35(14-30-20)27-22(38)21(37)23(44-27)26(39)31-16-7-8-16)33-19(32-24)6-1-3-15-9-11-34(12-10-15)28(40)43-18-5-2-4-17(13-18)36(41)42;1-2-4-12-7-9-16(10-8-12)15(18)21-14-6-3-5-13(11-14)17(19)20;14-13-18-9(15)5-10(19-13)20(3-16-5)12-7(22)6(21)8(24-12)11(23)17-4-1-2-4/h2,4-5,13-16,21-23,27,37-38H,3,7-12H2,(H,31,39)(H2,29,32,33);1,3,5-6,11-12H,4,7-10H2;3-4,6-8,12,21-22H,1-2H2,(H,17,23)(H2,15,18,19)/t21?,22-,23-,27+;;6?,7-,8-,12+/m0.0/s1. The summed E-state index contributed by atoms with van der Waals surface area (Å²) >= 11 is 1.91. The Hall–Kier alpha value is -8.97. The number of rotatable bonds is 12. The van der Waals surface area contributed by atoms with E-state index in [-0.39, 0.29) is 69.5 Å². The van der Waals surface area contributed by atoms with Crippen molar-refractivity contribution in [3.05, 3.63) is 91.1 Å². The molecule has 32 nitrogen and oxygen atoms in total. The summed E-state index contributed by atoms with van der Waals surface area (Å²) < 4.78 is 25.1. The maximum Gasteiger partial charge on any atom is 0.415 e. The quantitative estimate of drug-likeness (QED) is 0.0287. The van der Waals surface area contributed by atoms with Gasteiger partial charge in [-0.1, -0.05) is 18.1 Å². The molecule has 0 radical (unpaired) electrons. The average Bonchev–Trinajstić information content (AvgIpc) is 1.70. The highest BCUT2D eigenvalue weighted by atomic mass is 127. The number of aliphatic hydroxyl groups is 4. The number of carbonyl (C=O) groups excluding carboxylic acids is 4. The number of nitrogen functional groups attached to an aromatic ring is 2. The highest BCUT2D eigenvalue weighted by Gasteiger charge is 2.50. The van der Waals surface area contributed by atoms with Gasteiger partial charge in [0.1, 0.15) is 46.9 Å². The largest absolute Gasteiger partial charge is 0.415 e. The highest BCUT2D eigenvalue weighted by Crippen LogP contribution is 2.36. The molecule has 12 rings (SSSR count). The molecular weight excluding hydrogens is 1280 g/mol. The number of ether oxygens (including phenoxy) is 4. The zero-order chi connectivity index (χ0) is 63.2. The van der Waals surface area contributed by atoms with Gasteiger partial charge in [-0.15, -0.1) is 12.3 Å². The van der Waals surface area contributed by atoms with Gasteiger partial charge in [0, 0.05) is 85.8 Å². The van der Waals surface area contributed by atoms with E-state index in [1.807, 2.05) is 22.6 Å². The molecule has 2 unspecified atom stereocenters. The summed E-state index contributed by atoms with van der Waals surface area (Å²) in [5, 5.41) is 68.8. The van der Waals surface area contributed by atoms with Crippen molar-refractivity contribution in [2.24, 2.45) is 11.8 Å². The number of nitrogens with two attached hydrogens (primary N) is 2. The van der Waals surface area contributed by atoms with Gasteiger partial charge >= 0.3 is 12.2 Å². The van der Waals surface area contributed by atoms with E-state index in [9.17, 15) is 59.8 Å². The number of halogens is 1. The number of hydrogen-bond donors (Lipinski definition) is 8. The number of nitrogens with one attached hydrogen (secondary N) is 2. The number of anilines is 2. The summed E-state index contributed by atoms with van der Waals surface area (Å²) in [7, 11) is 0. The molecule has 6 aromatic rings. The SMILES string of the molecule is C#CCC1CCN(C(=O)Oc2cccc([N+](=O)[O-])c2)CC1.Nc1nc(C#CCC2CCN(C(=O)Oc3cccc([N+](=O)[O-])c3)CC2)nc2c1ncn2[C@@H]1O[C@H](C(=O)NC2CC2)C(O)[C@@H]1O.Nc1nc(I)nc2c1ncn2[C@@H]1O[C@H](C(=O)NC2CC2)C(O)[C@@H]1O. The monoisotopic (exact) mass is 1340 g/mol. The van der Waals surface area contributed by atoms with Gasteiger partial charge in [-0.05, 0) is 81.3 Å². The van der Waals surface area contributed by atoms with Gasteiger partial charge < -0.3 is 71.3 Å². The number of imidazole rings is 2. The van der Waals surface area contributed by atoms with Crippen molar-refractivity contribution < 1.29 is 68.4 Å². The van der Waals surface area contributed by atoms with Crippen molar-refractivity contribution in [2.75, 3.05) is 37.6 Å². The summed E-state index contributed by atoms with van der Waals surface area (Å²) in [5.41, 5.74) is 12.9. The molecule has 6 fully saturated rings. The third kappa shape index (κ3) is 15.1. The first-order valence-electron chi connectivity index (χ1n) is 28.4. The van der Waals surface area contributed by atoms with E-state index in [2.05, 4.69) is 58.3 Å². The molecule has 2 aromatic carbocycles. The summed E-state index contributed by atoms with van der Waals surface area (Å²) in [4.78, 5) is 98.2. The Bertz CT molecular complexity index is 3760. The Labute approximate surface area is 519 Å². The maximum absolute atomic E-state index is 12.5. The summed E-state index contributed by atoms with van der Waals surface area (Å²) in [5.74, 6) is 9.08. The fourth-order valence-corrected chi connectivity index (χ4v) is 10.7. The van der Waals surface area contributed by atoms with E-state index < -0.39 is 82.9 Å². The topological polar surface area (TPSA) is 442 Å². The first-order valence-corrected chi connectivity index (χ1v) is 29.5. The third-order valence-corrected chi connectivity index (χ3v) is 16.0. The van der Waals surface area contributed by atoms with Crippen molar-refractivity contribution in [3.8, 4) is 35.7 Å². The highest BCUT2D eigenvalue weighted by molar-refractivity contribution is 14.1. The number of aromatic nitrogens is 8. The van der Waals surface area contributed by atoms with E-state index in [1.54, 1.807) is 9.80 Å². The summed E-state index contributed by atoms with van der Waals surface area (Å²) in [6.07, 6.45) is 4.85. The Morgan fingerprint density at radius 3 is 1.53 bits per heavy atom. The molecule has 8 heterocycles. The minimum Gasteiger partial charge on any atom is -0.410 e. The lowest BCUT2D eigenvalue weighted by Crippen LogP contribution is -2.43. The van der Waals surface area contributed by atoms with Crippen LogP contribution in [0.15, 0.2) is 61.2 Å². The number of terminal acetylenes is 1. The lowest BCUT2D eigenvalue weighted by molar-refractivity contribution is -0.385. The maximum atomic E-state index is 12.5. The molecule has 10 N–H and O–H groups in total. The Morgan fingerprint density at radius 2 is 1.09 bits per heavy atom. The predicted octanol–water partition coefficient (Wildman–Crippen LogP) is 2.61. The molecule has 8 atom stereocenters. The molecular formula is C56H61IN16O16. The minimum atomic E-state index is -1.44. The van der Waals surface area contributed by atoms with Crippen LogP contribution in [-0.4, -0.2) is 178 Å². The fraction of sp³-hybridized carbons (Fsp3) is 0.464. The second-order valence-corrected chi connectivity index (χ2v) is 22.9. The molecule has 4 amide bonds. The van der Waals surface area contributed by atoms with E-state index in [0.29, 0.717) is 66.4 Å². The lowest BCUT2D eigenvalue weighted by atomic mass is 9.94.